The molecule has 0 atom stereocenters. The third kappa shape index (κ3) is 3.20. The van der Waals surface area contributed by atoms with E-state index in [2.05, 4.69) is 5.10 Å². The van der Waals surface area contributed by atoms with E-state index in [0.29, 0.717) is 18.5 Å². The van der Waals surface area contributed by atoms with Crippen LogP contribution in [0.15, 0.2) is 48.5 Å². The number of hydrogen-bond donors (Lipinski definition) is 0. The van der Waals surface area contributed by atoms with Crippen molar-refractivity contribution in [2.75, 3.05) is 0 Å². The van der Waals surface area contributed by atoms with Crippen LogP contribution < -0.4 is 0 Å². The zero-order chi connectivity index (χ0) is 19.8. The van der Waals surface area contributed by atoms with Crippen molar-refractivity contribution in [2.45, 2.75) is 12.8 Å². The summed E-state index contributed by atoms with van der Waals surface area (Å²) >= 11 is 5.71. The lowest BCUT2D eigenvalue weighted by atomic mass is 10.1. The molecule has 0 saturated carbocycles. The molecule has 6 nitrogen and oxygen atoms in total. The normalized spacial score (nSPS) is 14.3. The molecule has 1 aliphatic carbocycles. The molecule has 0 spiro atoms. The van der Waals surface area contributed by atoms with Crippen molar-refractivity contribution in [3.8, 4) is 5.69 Å². The van der Waals surface area contributed by atoms with Crippen LogP contribution in [0.3, 0.4) is 0 Å². The molecule has 0 amide bonds. The number of allylic oxidation sites excluding steroid dienone is 1. The summed E-state index contributed by atoms with van der Waals surface area (Å²) in [4.78, 5) is 22.2. The Morgan fingerprint density at radius 3 is 2.43 bits per heavy atom. The second-order valence-corrected chi connectivity index (χ2v) is 6.70. The average Bonchev–Trinajstić information content (AvgIpc) is 3.24. The van der Waals surface area contributed by atoms with E-state index in [0.717, 1.165) is 22.4 Å². The molecule has 0 unspecified atom stereocenters. The van der Waals surface area contributed by atoms with E-state index in [1.165, 1.54) is 24.3 Å². The van der Waals surface area contributed by atoms with Crippen molar-refractivity contribution in [2.24, 2.45) is 0 Å². The van der Waals surface area contributed by atoms with Crippen molar-refractivity contribution in [3.05, 3.63) is 87.0 Å². The minimum atomic E-state index is -0.645. The van der Waals surface area contributed by atoms with Gasteiger partial charge >= 0.3 is 0 Å². The standard InChI is InChI=1S/C20H13ClFN3O3/c21-20(26)18-17-10-3-13(11-12-1-6-16(7-2-12)25(27)28)19(17)24(23-18)15-8-4-14(22)5-9-15/h1-2,4-9,11H,3,10H2/b13-11-. The first-order valence-electron chi connectivity index (χ1n) is 8.47. The molecule has 140 valence electrons. The number of rotatable bonds is 4. The maximum absolute atomic E-state index is 13.3. The maximum Gasteiger partial charge on any atom is 0.273 e. The van der Waals surface area contributed by atoms with Crippen molar-refractivity contribution < 1.29 is 14.1 Å². The van der Waals surface area contributed by atoms with Gasteiger partial charge in [-0.25, -0.2) is 9.07 Å². The van der Waals surface area contributed by atoms with Crippen LogP contribution in [0.25, 0.3) is 17.3 Å². The molecule has 28 heavy (non-hydrogen) atoms. The summed E-state index contributed by atoms with van der Waals surface area (Å²) in [5.41, 5.74) is 4.02. The van der Waals surface area contributed by atoms with Crippen LogP contribution >= 0.6 is 11.6 Å². The first-order valence-corrected chi connectivity index (χ1v) is 8.85. The molecule has 8 heteroatoms. The van der Waals surface area contributed by atoms with Gasteiger partial charge in [-0.3, -0.25) is 14.9 Å². The molecule has 0 fully saturated rings. The van der Waals surface area contributed by atoms with Crippen LogP contribution in [0.1, 0.15) is 33.7 Å². The van der Waals surface area contributed by atoms with Gasteiger partial charge in [0, 0.05) is 17.7 Å². The van der Waals surface area contributed by atoms with Crippen molar-refractivity contribution in [1.82, 2.24) is 9.78 Å². The van der Waals surface area contributed by atoms with E-state index >= 15 is 0 Å². The molecule has 0 N–H and O–H groups in total. The van der Waals surface area contributed by atoms with Crippen LogP contribution in [-0.2, 0) is 6.42 Å². The van der Waals surface area contributed by atoms with E-state index in [-0.39, 0.29) is 17.2 Å². The van der Waals surface area contributed by atoms with E-state index in [1.807, 2.05) is 6.08 Å². The Morgan fingerprint density at radius 2 is 1.82 bits per heavy atom. The van der Waals surface area contributed by atoms with Crippen LogP contribution in [0.4, 0.5) is 10.1 Å². The number of halogens is 2. The SMILES string of the molecule is O=C(Cl)c1nn(-c2ccc(F)cc2)c2c1CC/C2=C/c1ccc([N+](=O)[O-])cc1. The number of nitrogens with zero attached hydrogens (tertiary/aromatic N) is 3. The number of fused-ring (bicyclic) bond motifs is 1. The van der Waals surface area contributed by atoms with Gasteiger partial charge in [-0.1, -0.05) is 0 Å². The topological polar surface area (TPSA) is 78.0 Å². The highest BCUT2D eigenvalue weighted by atomic mass is 35.5. The van der Waals surface area contributed by atoms with Gasteiger partial charge in [0.1, 0.15) is 11.5 Å². The fourth-order valence-corrected chi connectivity index (χ4v) is 3.51. The Hall–Kier alpha value is -3.32. The summed E-state index contributed by atoms with van der Waals surface area (Å²) in [6.45, 7) is 0. The smallest absolute Gasteiger partial charge is 0.273 e. The predicted octanol–water partition coefficient (Wildman–Crippen LogP) is 4.79. The molecule has 1 aromatic heterocycles. The number of benzene rings is 2. The minimum Gasteiger partial charge on any atom is -0.274 e. The Labute approximate surface area is 164 Å². The van der Waals surface area contributed by atoms with Gasteiger partial charge in [0.25, 0.3) is 10.9 Å². The summed E-state index contributed by atoms with van der Waals surface area (Å²) in [6.07, 6.45) is 3.17. The van der Waals surface area contributed by atoms with E-state index in [4.69, 9.17) is 11.6 Å². The van der Waals surface area contributed by atoms with E-state index in [1.54, 1.807) is 28.9 Å². The van der Waals surface area contributed by atoms with Crippen LogP contribution in [0, 0.1) is 15.9 Å². The maximum atomic E-state index is 13.3. The summed E-state index contributed by atoms with van der Waals surface area (Å²) in [5.74, 6) is -0.372. The van der Waals surface area contributed by atoms with Crippen molar-refractivity contribution in [3.63, 3.8) is 0 Å². The van der Waals surface area contributed by atoms with Gasteiger partial charge in [0.15, 0.2) is 0 Å². The fraction of sp³-hybridized carbons (Fsp3) is 0.100. The number of carbonyl (C=O) groups excluding carboxylic acids is 1. The zero-order valence-corrected chi connectivity index (χ0v) is 15.2. The Morgan fingerprint density at radius 1 is 1.14 bits per heavy atom. The van der Waals surface area contributed by atoms with Gasteiger partial charge in [-0.2, -0.15) is 5.10 Å². The highest BCUT2D eigenvalue weighted by Gasteiger charge is 2.29. The number of carbonyl (C=O) groups is 1. The van der Waals surface area contributed by atoms with Crippen LogP contribution in [-0.4, -0.2) is 19.9 Å². The summed E-state index contributed by atoms with van der Waals surface area (Å²) in [5, 5.41) is 14.5. The average molecular weight is 398 g/mol. The molecule has 4 rings (SSSR count). The fourth-order valence-electron chi connectivity index (χ4n) is 3.36. The van der Waals surface area contributed by atoms with Crippen LogP contribution in [0.2, 0.25) is 0 Å². The molecular formula is C20H13ClFN3O3. The first-order chi connectivity index (χ1) is 13.4. The van der Waals surface area contributed by atoms with Gasteiger partial charge < -0.3 is 0 Å². The quantitative estimate of drug-likeness (QED) is 0.360. The summed E-state index contributed by atoms with van der Waals surface area (Å²) in [6, 6.07) is 12.0. The van der Waals surface area contributed by atoms with Gasteiger partial charge in [0.2, 0.25) is 0 Å². The number of hydrogen-bond acceptors (Lipinski definition) is 4. The van der Waals surface area contributed by atoms with Crippen molar-refractivity contribution in [1.29, 1.82) is 0 Å². The third-order valence-electron chi connectivity index (χ3n) is 4.63. The molecule has 0 saturated heterocycles. The Bertz CT molecular complexity index is 1120. The molecule has 0 bridgehead atoms. The number of non-ortho nitro benzene ring substituents is 1. The highest BCUT2D eigenvalue weighted by Crippen LogP contribution is 2.37. The third-order valence-corrected chi connectivity index (χ3v) is 4.81. The number of nitro groups is 1. The zero-order valence-electron chi connectivity index (χ0n) is 14.4. The second kappa shape index (κ2) is 7.01. The predicted molar refractivity (Wildman–Crippen MR) is 103 cm³/mol. The van der Waals surface area contributed by atoms with E-state index < -0.39 is 10.2 Å². The lowest BCUT2D eigenvalue weighted by Crippen LogP contribution is -2.02. The summed E-state index contributed by atoms with van der Waals surface area (Å²) in [7, 11) is 0. The van der Waals surface area contributed by atoms with Gasteiger partial charge in [0.05, 0.1) is 16.3 Å². The van der Waals surface area contributed by atoms with E-state index in [9.17, 15) is 19.3 Å². The second-order valence-electron chi connectivity index (χ2n) is 6.36. The molecule has 0 aliphatic heterocycles. The molecule has 1 heterocycles. The van der Waals surface area contributed by atoms with Gasteiger partial charge in [-0.15, -0.1) is 0 Å². The lowest BCUT2D eigenvalue weighted by Gasteiger charge is -2.08. The number of nitro benzene ring substituents is 1. The molecular weight excluding hydrogens is 385 g/mol. The number of aromatic nitrogens is 2. The monoisotopic (exact) mass is 397 g/mol. The Kier molecular flexibility index (Phi) is 4.52. The summed E-state index contributed by atoms with van der Waals surface area (Å²) < 4.78 is 14.9. The molecule has 0 radical (unpaired) electrons. The minimum absolute atomic E-state index is 0.0145. The lowest BCUT2D eigenvalue weighted by molar-refractivity contribution is -0.384. The Balaban J connectivity index is 1.82. The molecule has 2 aromatic carbocycles. The highest BCUT2D eigenvalue weighted by molar-refractivity contribution is 6.67. The van der Waals surface area contributed by atoms with Gasteiger partial charge in [-0.05, 0) is 78.1 Å². The van der Waals surface area contributed by atoms with Crippen LogP contribution in [0.5, 0.6) is 0 Å². The first kappa shape index (κ1) is 18.1. The van der Waals surface area contributed by atoms with Crippen molar-refractivity contribution >= 4 is 34.2 Å². The molecule has 1 aliphatic rings. The largest absolute Gasteiger partial charge is 0.274 e. The molecule has 3 aromatic rings.